The van der Waals surface area contributed by atoms with Gasteiger partial charge in [0.2, 0.25) is 17.7 Å². The Hall–Kier alpha value is -3.10. The number of hydrogen-bond donors (Lipinski definition) is 3. The first-order valence-corrected chi connectivity index (χ1v) is 12.7. The molecule has 9 heteroatoms. The van der Waals surface area contributed by atoms with Gasteiger partial charge in [-0.3, -0.25) is 14.4 Å². The van der Waals surface area contributed by atoms with E-state index in [0.29, 0.717) is 5.56 Å². The van der Waals surface area contributed by atoms with Gasteiger partial charge in [0, 0.05) is 12.1 Å². The third-order valence-electron chi connectivity index (χ3n) is 5.96. The van der Waals surface area contributed by atoms with Crippen LogP contribution in [-0.2, 0) is 19.1 Å². The average Bonchev–Trinajstić information content (AvgIpc) is 3.56. The summed E-state index contributed by atoms with van der Waals surface area (Å²) in [5, 5.41) is 5.57. The summed E-state index contributed by atoms with van der Waals surface area (Å²) >= 11 is 0. The number of benzene rings is 1. The van der Waals surface area contributed by atoms with Crippen LogP contribution < -0.4 is 16.4 Å². The van der Waals surface area contributed by atoms with Crippen molar-refractivity contribution in [3.8, 4) is 0 Å². The molecule has 0 aromatic heterocycles. The van der Waals surface area contributed by atoms with Crippen molar-refractivity contribution < 1.29 is 23.9 Å². The smallest absolute Gasteiger partial charge is 0.408 e. The number of aryl methyl sites for hydroxylation is 2. The molecule has 1 saturated carbocycles. The van der Waals surface area contributed by atoms with Gasteiger partial charge < -0.3 is 26.0 Å². The quantitative estimate of drug-likeness (QED) is 0.427. The lowest BCUT2D eigenvalue weighted by molar-refractivity contribution is -0.144. The van der Waals surface area contributed by atoms with Crippen molar-refractivity contribution in [2.24, 2.45) is 5.73 Å². The van der Waals surface area contributed by atoms with Crippen LogP contribution in [0, 0.1) is 13.8 Å². The highest BCUT2D eigenvalue weighted by Crippen LogP contribution is 2.37. The molecular weight excluding hydrogens is 460 g/mol. The third kappa shape index (κ3) is 8.53. The number of nitrogens with zero attached hydrogens (tertiary/aromatic N) is 1. The van der Waals surface area contributed by atoms with Crippen LogP contribution in [0.25, 0.3) is 0 Å². The molecule has 1 aliphatic carbocycles. The second-order valence-electron chi connectivity index (χ2n) is 10.8. The number of carbonyl (C=O) groups is 4. The van der Waals surface area contributed by atoms with Gasteiger partial charge in [-0.2, -0.15) is 0 Å². The van der Waals surface area contributed by atoms with E-state index in [9.17, 15) is 19.2 Å². The fourth-order valence-electron chi connectivity index (χ4n) is 4.20. The molecule has 1 aliphatic rings. The lowest BCUT2D eigenvalue weighted by Crippen LogP contribution is -2.55. The van der Waals surface area contributed by atoms with Crippen LogP contribution in [0.5, 0.6) is 0 Å². The minimum Gasteiger partial charge on any atom is -0.444 e. The summed E-state index contributed by atoms with van der Waals surface area (Å²) in [4.78, 5) is 53.6. The maximum atomic E-state index is 14.0. The summed E-state index contributed by atoms with van der Waals surface area (Å²) in [5.74, 6) is -1.57. The van der Waals surface area contributed by atoms with Gasteiger partial charge in [-0.05, 0) is 71.9 Å². The van der Waals surface area contributed by atoms with E-state index in [1.807, 2.05) is 45.9 Å². The van der Waals surface area contributed by atoms with Gasteiger partial charge in [0.25, 0.3) is 0 Å². The molecule has 36 heavy (non-hydrogen) atoms. The minimum atomic E-state index is -1.26. The van der Waals surface area contributed by atoms with Crippen molar-refractivity contribution in [3.63, 3.8) is 0 Å². The summed E-state index contributed by atoms with van der Waals surface area (Å²) in [6.45, 7) is 12.9. The van der Waals surface area contributed by atoms with Gasteiger partial charge in [0.05, 0.1) is 6.42 Å². The fourth-order valence-corrected chi connectivity index (χ4v) is 4.20. The molecule has 0 heterocycles. The molecule has 3 atom stereocenters. The second-order valence-corrected chi connectivity index (χ2v) is 10.8. The van der Waals surface area contributed by atoms with Gasteiger partial charge in [-0.25, -0.2) is 4.79 Å². The lowest BCUT2D eigenvalue weighted by Gasteiger charge is -2.35. The van der Waals surface area contributed by atoms with E-state index in [0.717, 1.165) is 36.8 Å². The summed E-state index contributed by atoms with van der Waals surface area (Å²) in [7, 11) is 0. The van der Waals surface area contributed by atoms with Gasteiger partial charge in [-0.1, -0.05) is 37.1 Å². The zero-order valence-electron chi connectivity index (χ0n) is 22.6. The van der Waals surface area contributed by atoms with E-state index in [1.165, 1.54) is 4.90 Å². The SMILES string of the molecule is CCCC(C)NC(=O)C(c1cc(C)ccc1C)N(C(=O)C(CC(N)=O)NC(=O)OC(C)(C)C)C1CC1. The molecule has 4 amide bonds. The number of carbonyl (C=O) groups excluding carboxylic acids is 4. The summed E-state index contributed by atoms with van der Waals surface area (Å²) < 4.78 is 5.31. The van der Waals surface area contributed by atoms with Crippen LogP contribution in [0.1, 0.15) is 89.5 Å². The second kappa shape index (κ2) is 12.2. The van der Waals surface area contributed by atoms with Crippen LogP contribution in [0.2, 0.25) is 0 Å². The summed E-state index contributed by atoms with van der Waals surface area (Å²) in [5.41, 5.74) is 7.18. The Morgan fingerprint density at radius 2 is 1.78 bits per heavy atom. The van der Waals surface area contributed by atoms with Gasteiger partial charge >= 0.3 is 6.09 Å². The number of ether oxygens (including phenoxy) is 1. The zero-order valence-corrected chi connectivity index (χ0v) is 22.6. The molecule has 9 nitrogen and oxygen atoms in total. The summed E-state index contributed by atoms with van der Waals surface area (Å²) in [6.07, 6.45) is 1.91. The maximum Gasteiger partial charge on any atom is 0.408 e. The van der Waals surface area contributed by atoms with Crippen LogP contribution in [0.15, 0.2) is 18.2 Å². The van der Waals surface area contributed by atoms with Gasteiger partial charge in [-0.15, -0.1) is 0 Å². The Morgan fingerprint density at radius 3 is 2.31 bits per heavy atom. The number of amides is 4. The molecule has 0 spiro atoms. The molecule has 1 aromatic carbocycles. The maximum absolute atomic E-state index is 14.0. The van der Waals surface area contributed by atoms with Crippen LogP contribution in [0.4, 0.5) is 4.79 Å². The highest BCUT2D eigenvalue weighted by molar-refractivity contribution is 5.95. The lowest BCUT2D eigenvalue weighted by atomic mass is 9.95. The average molecular weight is 503 g/mol. The predicted molar refractivity (Wildman–Crippen MR) is 138 cm³/mol. The number of primary amides is 1. The van der Waals surface area contributed by atoms with E-state index in [2.05, 4.69) is 10.6 Å². The Morgan fingerprint density at radius 1 is 1.14 bits per heavy atom. The van der Waals surface area contributed by atoms with E-state index in [1.54, 1.807) is 20.8 Å². The highest BCUT2D eigenvalue weighted by atomic mass is 16.6. The Kier molecular flexibility index (Phi) is 9.90. The third-order valence-corrected chi connectivity index (χ3v) is 5.96. The Balaban J connectivity index is 2.50. The highest BCUT2D eigenvalue weighted by Gasteiger charge is 2.45. The Labute approximate surface area is 214 Å². The monoisotopic (exact) mass is 502 g/mol. The van der Waals surface area contributed by atoms with Crippen molar-refractivity contribution in [2.45, 2.75) is 110 Å². The first kappa shape index (κ1) is 29.1. The van der Waals surface area contributed by atoms with Crippen molar-refractivity contribution in [1.82, 2.24) is 15.5 Å². The van der Waals surface area contributed by atoms with Crippen LogP contribution in [-0.4, -0.2) is 52.4 Å². The molecule has 2 rings (SSSR count). The molecule has 200 valence electrons. The van der Waals surface area contributed by atoms with Crippen molar-refractivity contribution in [3.05, 3.63) is 34.9 Å². The number of nitrogens with two attached hydrogens (primary N) is 1. The number of rotatable bonds is 11. The molecule has 0 aliphatic heterocycles. The van der Waals surface area contributed by atoms with Crippen LogP contribution in [0.3, 0.4) is 0 Å². The largest absolute Gasteiger partial charge is 0.444 e. The van der Waals surface area contributed by atoms with Crippen LogP contribution >= 0.6 is 0 Å². The summed E-state index contributed by atoms with van der Waals surface area (Å²) in [6, 6.07) is 3.36. The van der Waals surface area contributed by atoms with Gasteiger partial charge in [0.15, 0.2) is 0 Å². The number of nitrogens with one attached hydrogen (secondary N) is 2. The first-order chi connectivity index (χ1) is 16.7. The molecule has 1 aromatic rings. The molecule has 3 unspecified atom stereocenters. The van der Waals surface area contributed by atoms with Crippen molar-refractivity contribution in [2.75, 3.05) is 0 Å². The van der Waals surface area contributed by atoms with Gasteiger partial charge in [0.1, 0.15) is 17.7 Å². The van der Waals surface area contributed by atoms with E-state index >= 15 is 0 Å². The molecule has 0 radical (unpaired) electrons. The van der Waals surface area contributed by atoms with E-state index < -0.39 is 42.0 Å². The minimum absolute atomic E-state index is 0.0763. The van der Waals surface area contributed by atoms with E-state index in [4.69, 9.17) is 10.5 Å². The number of hydrogen-bond acceptors (Lipinski definition) is 5. The standard InChI is InChI=1S/C27H42N4O5/c1-8-9-18(4)29-24(33)23(20-14-16(2)10-11-17(20)3)31(19-12-13-19)25(34)21(15-22(28)32)30-26(35)36-27(5,6)7/h10-11,14,18-19,21,23H,8-9,12-13,15H2,1-7H3,(H2,28,32)(H,29,33)(H,30,35). The molecule has 1 fully saturated rings. The van der Waals surface area contributed by atoms with Crippen molar-refractivity contribution in [1.29, 1.82) is 0 Å². The van der Waals surface area contributed by atoms with E-state index in [-0.39, 0.29) is 18.0 Å². The number of alkyl carbamates (subject to hydrolysis) is 1. The molecule has 0 bridgehead atoms. The molecular formula is C27H42N4O5. The predicted octanol–water partition coefficient (Wildman–Crippen LogP) is 3.41. The first-order valence-electron chi connectivity index (χ1n) is 12.7. The topological polar surface area (TPSA) is 131 Å². The Bertz CT molecular complexity index is 967. The fraction of sp³-hybridized carbons (Fsp3) is 0.630. The normalized spacial score (nSPS) is 15.9. The molecule has 4 N–H and O–H groups in total. The van der Waals surface area contributed by atoms with Crippen molar-refractivity contribution >= 4 is 23.8 Å². The molecule has 0 saturated heterocycles. The zero-order chi connectivity index (χ0) is 27.2.